The van der Waals surface area contributed by atoms with Crippen LogP contribution < -0.4 is 10.9 Å². The van der Waals surface area contributed by atoms with Crippen LogP contribution in [0, 0.1) is 0 Å². The Morgan fingerprint density at radius 2 is 2.21 bits per heavy atom. The van der Waals surface area contributed by atoms with Gasteiger partial charge in [-0.2, -0.15) is 0 Å². The number of aromatic amines is 1. The topological polar surface area (TPSA) is 57.8 Å². The van der Waals surface area contributed by atoms with Gasteiger partial charge in [-0.3, -0.25) is 9.78 Å². The summed E-state index contributed by atoms with van der Waals surface area (Å²) in [6.45, 7) is 4.97. The Morgan fingerprint density at radius 3 is 2.86 bits per heavy atom. The number of nitrogens with one attached hydrogen (secondary N) is 2. The Hall–Kier alpha value is -1.32. The molecule has 0 aromatic carbocycles. The van der Waals surface area contributed by atoms with Crippen molar-refractivity contribution in [1.29, 1.82) is 0 Å². The van der Waals surface area contributed by atoms with E-state index >= 15 is 0 Å². The van der Waals surface area contributed by atoms with Crippen LogP contribution in [-0.4, -0.2) is 16.5 Å². The lowest BCUT2D eigenvalue weighted by molar-refractivity contribution is 0.859. The second kappa shape index (κ2) is 5.42. The summed E-state index contributed by atoms with van der Waals surface area (Å²) in [4.78, 5) is 18.2. The van der Waals surface area contributed by atoms with Gasteiger partial charge in [0.25, 0.3) is 5.56 Å². The summed E-state index contributed by atoms with van der Waals surface area (Å²) in [7, 11) is 0. The van der Waals surface area contributed by atoms with E-state index in [0.29, 0.717) is 5.95 Å². The zero-order valence-corrected chi connectivity index (χ0v) is 8.76. The maximum atomic E-state index is 11.2. The van der Waals surface area contributed by atoms with Gasteiger partial charge in [0.1, 0.15) is 0 Å². The van der Waals surface area contributed by atoms with Crippen LogP contribution in [0.1, 0.15) is 32.4 Å². The minimum Gasteiger partial charge on any atom is -0.356 e. The summed E-state index contributed by atoms with van der Waals surface area (Å²) in [5.41, 5.74) is 0.775. The summed E-state index contributed by atoms with van der Waals surface area (Å²) in [6, 6.07) is 1.56. The predicted octanol–water partition coefficient (Wildman–Crippen LogP) is 1.54. The SMILES string of the molecule is CCCNc1nc(CCC)cc(=O)[nH]1. The second-order valence-corrected chi connectivity index (χ2v) is 3.26. The molecule has 2 N–H and O–H groups in total. The molecule has 0 saturated carbocycles. The largest absolute Gasteiger partial charge is 0.356 e. The molecule has 1 aromatic heterocycles. The Balaban J connectivity index is 2.78. The lowest BCUT2D eigenvalue weighted by Crippen LogP contribution is -2.14. The quantitative estimate of drug-likeness (QED) is 0.749. The maximum absolute atomic E-state index is 11.2. The predicted molar refractivity (Wildman–Crippen MR) is 57.6 cm³/mol. The first-order valence-corrected chi connectivity index (χ1v) is 5.10. The number of anilines is 1. The Kier molecular flexibility index (Phi) is 4.16. The summed E-state index contributed by atoms with van der Waals surface area (Å²) >= 11 is 0. The maximum Gasteiger partial charge on any atom is 0.252 e. The third kappa shape index (κ3) is 3.20. The van der Waals surface area contributed by atoms with Crippen LogP contribution in [0.15, 0.2) is 10.9 Å². The van der Waals surface area contributed by atoms with Crippen molar-refractivity contribution in [2.75, 3.05) is 11.9 Å². The molecule has 0 atom stereocenters. The van der Waals surface area contributed by atoms with Crippen molar-refractivity contribution >= 4 is 5.95 Å². The molecule has 78 valence electrons. The van der Waals surface area contributed by atoms with Crippen molar-refractivity contribution in [2.24, 2.45) is 0 Å². The average Bonchev–Trinajstić information content (AvgIpc) is 2.14. The van der Waals surface area contributed by atoms with Crippen LogP contribution in [0.3, 0.4) is 0 Å². The van der Waals surface area contributed by atoms with E-state index in [2.05, 4.69) is 29.1 Å². The van der Waals surface area contributed by atoms with Crippen molar-refractivity contribution in [3.05, 3.63) is 22.1 Å². The van der Waals surface area contributed by atoms with Gasteiger partial charge >= 0.3 is 0 Å². The highest BCUT2D eigenvalue weighted by molar-refractivity contribution is 5.24. The fraction of sp³-hybridized carbons (Fsp3) is 0.600. The van der Waals surface area contributed by atoms with Gasteiger partial charge in [0.15, 0.2) is 0 Å². The Bertz CT molecular complexity index is 332. The summed E-state index contributed by atoms with van der Waals surface area (Å²) in [5, 5.41) is 3.07. The first kappa shape index (κ1) is 10.8. The number of aromatic nitrogens is 2. The van der Waals surface area contributed by atoms with Crippen LogP contribution in [0.2, 0.25) is 0 Å². The van der Waals surface area contributed by atoms with Crippen LogP contribution in [-0.2, 0) is 6.42 Å². The zero-order valence-electron chi connectivity index (χ0n) is 8.76. The number of hydrogen-bond donors (Lipinski definition) is 2. The fourth-order valence-electron chi connectivity index (χ4n) is 1.22. The van der Waals surface area contributed by atoms with E-state index in [0.717, 1.165) is 31.5 Å². The Labute approximate surface area is 83.8 Å². The molecule has 1 aromatic rings. The van der Waals surface area contributed by atoms with Gasteiger partial charge < -0.3 is 5.32 Å². The normalized spacial score (nSPS) is 10.1. The summed E-state index contributed by atoms with van der Waals surface area (Å²) < 4.78 is 0. The Morgan fingerprint density at radius 1 is 1.43 bits per heavy atom. The smallest absolute Gasteiger partial charge is 0.252 e. The third-order valence-corrected chi connectivity index (χ3v) is 1.84. The minimum atomic E-state index is -0.0814. The molecule has 4 heteroatoms. The molecule has 1 rings (SSSR count). The van der Waals surface area contributed by atoms with Crippen LogP contribution in [0.4, 0.5) is 5.95 Å². The van der Waals surface area contributed by atoms with Gasteiger partial charge in [-0.05, 0) is 12.8 Å². The number of aryl methyl sites for hydroxylation is 1. The molecule has 1 heterocycles. The molecule has 0 aliphatic rings. The first-order chi connectivity index (χ1) is 6.76. The van der Waals surface area contributed by atoms with E-state index in [4.69, 9.17) is 0 Å². The van der Waals surface area contributed by atoms with Gasteiger partial charge in [-0.15, -0.1) is 0 Å². The van der Waals surface area contributed by atoms with E-state index < -0.39 is 0 Å². The molecule has 0 fully saturated rings. The molecule has 0 radical (unpaired) electrons. The van der Waals surface area contributed by atoms with Gasteiger partial charge in [0.05, 0.1) is 0 Å². The van der Waals surface area contributed by atoms with Gasteiger partial charge in [-0.1, -0.05) is 20.3 Å². The van der Waals surface area contributed by atoms with Crippen molar-refractivity contribution in [3.8, 4) is 0 Å². The molecule has 0 amide bonds. The number of hydrogen-bond acceptors (Lipinski definition) is 3. The lowest BCUT2D eigenvalue weighted by atomic mass is 10.2. The van der Waals surface area contributed by atoms with Gasteiger partial charge in [0, 0.05) is 18.3 Å². The van der Waals surface area contributed by atoms with Crippen molar-refractivity contribution in [2.45, 2.75) is 33.1 Å². The summed E-state index contributed by atoms with van der Waals surface area (Å²) in [5.74, 6) is 0.586. The molecule has 0 spiro atoms. The lowest BCUT2D eigenvalue weighted by Gasteiger charge is -2.04. The molecule has 0 aliphatic heterocycles. The molecule has 14 heavy (non-hydrogen) atoms. The number of rotatable bonds is 5. The van der Waals surface area contributed by atoms with Crippen molar-refractivity contribution in [3.63, 3.8) is 0 Å². The van der Waals surface area contributed by atoms with Crippen LogP contribution in [0.25, 0.3) is 0 Å². The molecule has 0 saturated heterocycles. The highest BCUT2D eigenvalue weighted by Gasteiger charge is 1.99. The van der Waals surface area contributed by atoms with E-state index in [9.17, 15) is 4.79 Å². The molecule has 0 bridgehead atoms. The van der Waals surface area contributed by atoms with Gasteiger partial charge in [0.2, 0.25) is 5.95 Å². The van der Waals surface area contributed by atoms with Crippen molar-refractivity contribution < 1.29 is 0 Å². The monoisotopic (exact) mass is 195 g/mol. The van der Waals surface area contributed by atoms with Crippen molar-refractivity contribution in [1.82, 2.24) is 9.97 Å². The molecular weight excluding hydrogens is 178 g/mol. The summed E-state index contributed by atoms with van der Waals surface area (Å²) in [6.07, 6.45) is 2.87. The van der Waals surface area contributed by atoms with E-state index in [1.165, 1.54) is 0 Å². The second-order valence-electron chi connectivity index (χ2n) is 3.26. The van der Waals surface area contributed by atoms with Crippen LogP contribution >= 0.6 is 0 Å². The van der Waals surface area contributed by atoms with Gasteiger partial charge in [-0.25, -0.2) is 4.98 Å². The highest BCUT2D eigenvalue weighted by atomic mass is 16.1. The molecule has 4 nitrogen and oxygen atoms in total. The number of nitrogens with zero attached hydrogens (tertiary/aromatic N) is 1. The van der Waals surface area contributed by atoms with E-state index in [1.54, 1.807) is 6.07 Å². The third-order valence-electron chi connectivity index (χ3n) is 1.84. The van der Waals surface area contributed by atoms with Crippen LogP contribution in [0.5, 0.6) is 0 Å². The molecule has 0 unspecified atom stereocenters. The zero-order chi connectivity index (χ0) is 10.4. The molecular formula is C10H17N3O. The first-order valence-electron chi connectivity index (χ1n) is 5.10. The number of H-pyrrole nitrogens is 1. The molecule has 0 aliphatic carbocycles. The highest BCUT2D eigenvalue weighted by Crippen LogP contribution is 2.00. The average molecular weight is 195 g/mol. The minimum absolute atomic E-state index is 0.0814. The standard InChI is InChI=1S/C10H17N3O/c1-3-5-8-7-9(14)13-10(12-8)11-6-4-2/h7H,3-6H2,1-2H3,(H2,11,12,13,14). The fourth-order valence-corrected chi connectivity index (χ4v) is 1.22. The van der Waals surface area contributed by atoms with E-state index in [-0.39, 0.29) is 5.56 Å². The van der Waals surface area contributed by atoms with E-state index in [1.807, 2.05) is 0 Å².